The van der Waals surface area contributed by atoms with E-state index < -0.39 is 0 Å². The maximum Gasteiger partial charge on any atom is 0.137 e. The minimum absolute atomic E-state index is 0.322. The maximum absolute atomic E-state index is 12.3. The molecule has 4 atom stereocenters. The summed E-state index contributed by atoms with van der Waals surface area (Å²) in [6.07, 6.45) is 11.4. The molecule has 2 saturated heterocycles. The van der Waals surface area contributed by atoms with E-state index in [4.69, 9.17) is 4.74 Å². The van der Waals surface area contributed by atoms with Crippen molar-refractivity contribution in [2.75, 3.05) is 13.1 Å². The van der Waals surface area contributed by atoms with Crippen LogP contribution in [0.4, 0.5) is 0 Å². The van der Waals surface area contributed by atoms with Gasteiger partial charge in [0, 0.05) is 24.9 Å². The fraction of sp³-hybridized carbons (Fsp3) is 0.941. The maximum atomic E-state index is 12.3. The SMILES string of the molecule is CC1CCC(CN2CCCCC2C2CCCCC2=O)O1. The Balaban J connectivity index is 1.62. The smallest absolute Gasteiger partial charge is 0.137 e. The van der Waals surface area contributed by atoms with Crippen LogP contribution in [0.15, 0.2) is 0 Å². The van der Waals surface area contributed by atoms with Gasteiger partial charge >= 0.3 is 0 Å². The topological polar surface area (TPSA) is 29.5 Å². The summed E-state index contributed by atoms with van der Waals surface area (Å²) in [5, 5.41) is 0. The Morgan fingerprint density at radius 3 is 2.70 bits per heavy atom. The number of ketones is 1. The highest BCUT2D eigenvalue weighted by Crippen LogP contribution is 2.33. The van der Waals surface area contributed by atoms with Gasteiger partial charge in [-0.1, -0.05) is 12.8 Å². The minimum atomic E-state index is 0.322. The molecular formula is C17H29NO2. The number of likely N-dealkylation sites (tertiary alicyclic amines) is 1. The van der Waals surface area contributed by atoms with Crippen molar-refractivity contribution in [3.05, 3.63) is 0 Å². The number of carbonyl (C=O) groups is 1. The van der Waals surface area contributed by atoms with Gasteiger partial charge in [-0.3, -0.25) is 9.69 Å². The first-order valence-electron chi connectivity index (χ1n) is 8.66. The highest BCUT2D eigenvalue weighted by atomic mass is 16.5. The van der Waals surface area contributed by atoms with Crippen LogP contribution in [0, 0.1) is 5.92 Å². The van der Waals surface area contributed by atoms with E-state index in [0.29, 0.717) is 30.0 Å². The van der Waals surface area contributed by atoms with E-state index >= 15 is 0 Å². The Morgan fingerprint density at radius 1 is 1.10 bits per heavy atom. The second-order valence-electron chi connectivity index (χ2n) is 7.02. The van der Waals surface area contributed by atoms with E-state index in [1.54, 1.807) is 0 Å². The lowest BCUT2D eigenvalue weighted by Crippen LogP contribution is -2.49. The number of ether oxygens (including phenoxy) is 1. The lowest BCUT2D eigenvalue weighted by atomic mass is 9.79. The molecule has 20 heavy (non-hydrogen) atoms. The van der Waals surface area contributed by atoms with Crippen LogP contribution in [-0.4, -0.2) is 42.0 Å². The lowest BCUT2D eigenvalue weighted by molar-refractivity contribution is -0.128. The first-order valence-corrected chi connectivity index (χ1v) is 8.66. The van der Waals surface area contributed by atoms with Gasteiger partial charge in [-0.15, -0.1) is 0 Å². The Morgan fingerprint density at radius 2 is 1.95 bits per heavy atom. The number of rotatable bonds is 3. The number of hydrogen-bond donors (Lipinski definition) is 0. The second-order valence-corrected chi connectivity index (χ2v) is 7.02. The third kappa shape index (κ3) is 3.25. The Hall–Kier alpha value is -0.410. The van der Waals surface area contributed by atoms with Crippen molar-refractivity contribution in [3.63, 3.8) is 0 Å². The molecule has 3 aliphatic rings. The molecule has 4 unspecified atom stereocenters. The predicted octanol–water partition coefficient (Wildman–Crippen LogP) is 3.17. The summed E-state index contributed by atoms with van der Waals surface area (Å²) in [5.74, 6) is 0.858. The first kappa shape index (κ1) is 14.5. The number of hydrogen-bond acceptors (Lipinski definition) is 3. The summed E-state index contributed by atoms with van der Waals surface area (Å²) < 4.78 is 6.00. The van der Waals surface area contributed by atoms with Gasteiger partial charge in [-0.05, 0) is 52.0 Å². The molecule has 0 N–H and O–H groups in total. The lowest BCUT2D eigenvalue weighted by Gasteiger charge is -2.42. The summed E-state index contributed by atoms with van der Waals surface area (Å²) in [6.45, 7) is 4.40. The molecule has 1 saturated carbocycles. The molecule has 3 fully saturated rings. The average molecular weight is 279 g/mol. The molecular weight excluding hydrogens is 250 g/mol. The molecule has 0 radical (unpaired) electrons. The summed E-state index contributed by atoms with van der Waals surface area (Å²) >= 11 is 0. The van der Waals surface area contributed by atoms with Crippen LogP contribution < -0.4 is 0 Å². The van der Waals surface area contributed by atoms with Crippen LogP contribution in [-0.2, 0) is 9.53 Å². The van der Waals surface area contributed by atoms with Gasteiger partial charge in [0.1, 0.15) is 5.78 Å². The molecule has 0 bridgehead atoms. The van der Waals surface area contributed by atoms with Gasteiger partial charge < -0.3 is 4.74 Å². The molecule has 1 aliphatic carbocycles. The molecule has 0 aromatic rings. The quantitative estimate of drug-likeness (QED) is 0.794. The van der Waals surface area contributed by atoms with Gasteiger partial charge in [-0.25, -0.2) is 0 Å². The van der Waals surface area contributed by atoms with Crippen molar-refractivity contribution >= 4 is 5.78 Å². The van der Waals surface area contributed by atoms with Crippen molar-refractivity contribution in [2.45, 2.75) is 83.0 Å². The van der Waals surface area contributed by atoms with Crippen molar-refractivity contribution in [3.8, 4) is 0 Å². The fourth-order valence-electron chi connectivity index (χ4n) is 4.40. The van der Waals surface area contributed by atoms with E-state index in [9.17, 15) is 4.79 Å². The molecule has 0 aromatic carbocycles. The largest absolute Gasteiger partial charge is 0.374 e. The van der Waals surface area contributed by atoms with Crippen LogP contribution in [0.2, 0.25) is 0 Å². The Bertz CT molecular complexity index is 344. The zero-order valence-electron chi connectivity index (χ0n) is 12.9. The minimum Gasteiger partial charge on any atom is -0.374 e. The summed E-state index contributed by atoms with van der Waals surface area (Å²) in [7, 11) is 0. The molecule has 114 valence electrons. The van der Waals surface area contributed by atoms with Gasteiger partial charge in [0.25, 0.3) is 0 Å². The monoisotopic (exact) mass is 279 g/mol. The zero-order valence-corrected chi connectivity index (χ0v) is 12.9. The van der Waals surface area contributed by atoms with Crippen LogP contribution in [0.5, 0.6) is 0 Å². The Kier molecular flexibility index (Phi) is 4.77. The van der Waals surface area contributed by atoms with Crippen molar-refractivity contribution < 1.29 is 9.53 Å². The molecule has 0 aromatic heterocycles. The van der Waals surface area contributed by atoms with Crippen molar-refractivity contribution in [2.24, 2.45) is 5.92 Å². The van der Waals surface area contributed by atoms with Gasteiger partial charge in [0.2, 0.25) is 0 Å². The van der Waals surface area contributed by atoms with Gasteiger partial charge in [0.15, 0.2) is 0 Å². The number of carbonyl (C=O) groups excluding carboxylic acids is 1. The van der Waals surface area contributed by atoms with E-state index in [1.165, 1.54) is 45.1 Å². The summed E-state index contributed by atoms with van der Waals surface area (Å²) in [4.78, 5) is 14.9. The van der Waals surface area contributed by atoms with Crippen LogP contribution >= 0.6 is 0 Å². The molecule has 3 nitrogen and oxygen atoms in total. The fourth-order valence-corrected chi connectivity index (χ4v) is 4.40. The normalized spacial score (nSPS) is 40.1. The van der Waals surface area contributed by atoms with E-state index in [-0.39, 0.29) is 0 Å². The summed E-state index contributed by atoms with van der Waals surface area (Å²) in [6, 6.07) is 0.510. The first-order chi connectivity index (χ1) is 9.74. The molecule has 0 spiro atoms. The van der Waals surface area contributed by atoms with E-state index in [0.717, 1.165) is 25.8 Å². The number of piperidine rings is 1. The van der Waals surface area contributed by atoms with E-state index in [2.05, 4.69) is 11.8 Å². The average Bonchev–Trinajstić information content (AvgIpc) is 2.86. The Labute approximate surface area is 123 Å². The summed E-state index contributed by atoms with van der Waals surface area (Å²) in [5.41, 5.74) is 0. The standard InChI is InChI=1S/C17H29NO2/c1-13-9-10-14(20-13)12-18-11-5-4-7-16(18)15-6-2-3-8-17(15)19/h13-16H,2-12H2,1H3. The highest BCUT2D eigenvalue weighted by Gasteiger charge is 2.37. The van der Waals surface area contributed by atoms with Gasteiger partial charge in [-0.2, -0.15) is 0 Å². The van der Waals surface area contributed by atoms with Crippen molar-refractivity contribution in [1.82, 2.24) is 4.90 Å². The van der Waals surface area contributed by atoms with Crippen LogP contribution in [0.3, 0.4) is 0 Å². The third-order valence-corrected chi connectivity index (χ3v) is 5.49. The third-order valence-electron chi connectivity index (χ3n) is 5.49. The van der Waals surface area contributed by atoms with Crippen LogP contribution in [0.1, 0.15) is 64.7 Å². The van der Waals surface area contributed by atoms with E-state index in [1.807, 2.05) is 0 Å². The van der Waals surface area contributed by atoms with Gasteiger partial charge in [0.05, 0.1) is 12.2 Å². The highest BCUT2D eigenvalue weighted by molar-refractivity contribution is 5.82. The zero-order chi connectivity index (χ0) is 13.9. The molecule has 0 amide bonds. The number of nitrogens with zero attached hydrogens (tertiary/aromatic N) is 1. The van der Waals surface area contributed by atoms with Crippen molar-refractivity contribution in [1.29, 1.82) is 0 Å². The molecule has 3 rings (SSSR count). The molecule has 2 heterocycles. The van der Waals surface area contributed by atoms with Crippen LogP contribution in [0.25, 0.3) is 0 Å². The molecule has 3 heteroatoms. The molecule has 2 aliphatic heterocycles. The second kappa shape index (κ2) is 6.57. The predicted molar refractivity (Wildman–Crippen MR) is 79.7 cm³/mol. The number of Topliss-reactive ketones (excluding diaryl/α,β-unsaturated/α-hetero) is 1.